The molecule has 0 amide bonds. The summed E-state index contributed by atoms with van der Waals surface area (Å²) in [5, 5.41) is 10.3. The van der Waals surface area contributed by atoms with Gasteiger partial charge in [-0.15, -0.1) is 21.5 Å². The molecule has 136 valence electrons. The molecule has 0 spiro atoms. The number of thiophene rings is 1. The Morgan fingerprint density at radius 3 is 2.41 bits per heavy atom. The maximum Gasteiger partial charge on any atom is 0.257 e. The summed E-state index contributed by atoms with van der Waals surface area (Å²) in [4.78, 5) is 3.07. The van der Waals surface area contributed by atoms with Crippen LogP contribution in [0.15, 0.2) is 76.5 Å². The van der Waals surface area contributed by atoms with Crippen molar-refractivity contribution < 1.29 is 8.81 Å². The van der Waals surface area contributed by atoms with Crippen molar-refractivity contribution >= 4 is 11.3 Å². The molecule has 0 radical (unpaired) electrons. The van der Waals surface area contributed by atoms with Gasteiger partial charge in [0.25, 0.3) is 5.89 Å². The van der Waals surface area contributed by atoms with Crippen LogP contribution in [0.5, 0.6) is 0 Å². The topological polar surface area (TPSA) is 42.2 Å². The van der Waals surface area contributed by atoms with Gasteiger partial charge >= 0.3 is 0 Å². The Balaban J connectivity index is 1.61. The normalized spacial score (nSPS) is 12.4. The van der Waals surface area contributed by atoms with Gasteiger partial charge in [0.05, 0.1) is 17.5 Å². The van der Waals surface area contributed by atoms with E-state index in [1.165, 1.54) is 12.1 Å². The molecule has 0 saturated carbocycles. The van der Waals surface area contributed by atoms with Crippen molar-refractivity contribution in [3.8, 4) is 10.8 Å². The molecule has 0 aliphatic rings. The smallest absolute Gasteiger partial charge is 0.257 e. The van der Waals surface area contributed by atoms with E-state index in [4.69, 9.17) is 4.42 Å². The number of nitrogens with zero attached hydrogens (tertiary/aromatic N) is 3. The van der Waals surface area contributed by atoms with Crippen LogP contribution in [0.2, 0.25) is 0 Å². The Bertz CT molecular complexity index is 984. The summed E-state index contributed by atoms with van der Waals surface area (Å²) < 4.78 is 19.2. The summed E-state index contributed by atoms with van der Waals surface area (Å²) >= 11 is 1.56. The Morgan fingerprint density at radius 2 is 1.70 bits per heavy atom. The fourth-order valence-corrected chi connectivity index (χ4v) is 3.75. The number of hydrogen-bond donors (Lipinski definition) is 0. The molecular weight excluding hydrogens is 361 g/mol. The maximum atomic E-state index is 13.4. The Kier molecular flexibility index (Phi) is 5.09. The van der Waals surface area contributed by atoms with Gasteiger partial charge in [-0.2, -0.15) is 0 Å². The van der Waals surface area contributed by atoms with Gasteiger partial charge in [0, 0.05) is 0 Å². The maximum absolute atomic E-state index is 13.4. The van der Waals surface area contributed by atoms with Crippen molar-refractivity contribution in [3.05, 3.63) is 94.9 Å². The minimum atomic E-state index is -0.245. The van der Waals surface area contributed by atoms with Crippen molar-refractivity contribution in [2.24, 2.45) is 0 Å². The lowest BCUT2D eigenvalue weighted by Gasteiger charge is -2.28. The zero-order chi connectivity index (χ0) is 18.6. The summed E-state index contributed by atoms with van der Waals surface area (Å²) in [6.45, 7) is 0.481. The third-order valence-corrected chi connectivity index (χ3v) is 5.18. The minimum Gasteiger partial charge on any atom is -0.419 e. The van der Waals surface area contributed by atoms with E-state index < -0.39 is 0 Å². The lowest BCUT2D eigenvalue weighted by Crippen LogP contribution is -2.25. The number of benzene rings is 2. The molecule has 4 nitrogen and oxygen atoms in total. The summed E-state index contributed by atoms with van der Waals surface area (Å²) in [6.07, 6.45) is 0. The average Bonchev–Trinajstić information content (AvgIpc) is 3.36. The summed E-state index contributed by atoms with van der Waals surface area (Å²) in [5.74, 6) is 0.834. The molecule has 0 aliphatic carbocycles. The summed E-state index contributed by atoms with van der Waals surface area (Å²) in [5.41, 5.74) is 2.12. The van der Waals surface area contributed by atoms with Crippen LogP contribution in [0.1, 0.15) is 23.1 Å². The fourth-order valence-electron chi connectivity index (χ4n) is 3.10. The van der Waals surface area contributed by atoms with E-state index >= 15 is 0 Å². The molecule has 4 rings (SSSR count). The first-order valence-electron chi connectivity index (χ1n) is 8.57. The highest BCUT2D eigenvalue weighted by Crippen LogP contribution is 2.29. The van der Waals surface area contributed by atoms with Crippen molar-refractivity contribution in [2.45, 2.75) is 12.6 Å². The van der Waals surface area contributed by atoms with Crippen molar-refractivity contribution in [1.82, 2.24) is 15.1 Å². The third-order valence-electron chi connectivity index (χ3n) is 4.33. The standard InChI is InChI=1S/C21H18FN3OS/c1-25(14-19-23-24-21(26-19)18-8-5-13-27-18)20(15-6-3-2-4-7-15)16-9-11-17(22)12-10-16/h2-13,20H,14H2,1H3. The van der Waals surface area contributed by atoms with Crippen molar-refractivity contribution in [2.75, 3.05) is 7.05 Å². The quantitative estimate of drug-likeness (QED) is 0.464. The number of aromatic nitrogens is 2. The molecule has 6 heteroatoms. The molecule has 0 aliphatic heterocycles. The van der Waals surface area contributed by atoms with E-state index in [1.807, 2.05) is 54.9 Å². The lowest BCUT2D eigenvalue weighted by molar-refractivity contribution is 0.243. The summed E-state index contributed by atoms with van der Waals surface area (Å²) in [7, 11) is 2.00. The van der Waals surface area contributed by atoms with Gasteiger partial charge in [-0.1, -0.05) is 48.5 Å². The second-order valence-electron chi connectivity index (χ2n) is 6.26. The van der Waals surface area contributed by atoms with Crippen LogP contribution in [0.25, 0.3) is 10.8 Å². The molecule has 27 heavy (non-hydrogen) atoms. The van der Waals surface area contributed by atoms with Gasteiger partial charge in [-0.05, 0) is 41.8 Å². The number of hydrogen-bond acceptors (Lipinski definition) is 5. The molecule has 1 atom stereocenters. The van der Waals surface area contributed by atoms with Gasteiger partial charge in [-0.3, -0.25) is 4.90 Å². The fraction of sp³-hybridized carbons (Fsp3) is 0.143. The van der Waals surface area contributed by atoms with Crippen LogP contribution in [0.4, 0.5) is 4.39 Å². The Morgan fingerprint density at radius 1 is 0.963 bits per heavy atom. The molecule has 0 N–H and O–H groups in total. The molecule has 2 heterocycles. The number of halogens is 1. The average molecular weight is 379 g/mol. The van der Waals surface area contributed by atoms with Crippen LogP contribution in [0, 0.1) is 5.82 Å². The third kappa shape index (κ3) is 3.97. The van der Waals surface area contributed by atoms with E-state index in [0.717, 1.165) is 16.0 Å². The second-order valence-corrected chi connectivity index (χ2v) is 7.21. The highest BCUT2D eigenvalue weighted by molar-refractivity contribution is 7.13. The van der Waals surface area contributed by atoms with E-state index in [-0.39, 0.29) is 11.9 Å². The van der Waals surface area contributed by atoms with E-state index in [2.05, 4.69) is 27.2 Å². The molecule has 4 aromatic rings. The zero-order valence-electron chi connectivity index (χ0n) is 14.7. The van der Waals surface area contributed by atoms with Gasteiger partial charge in [0.1, 0.15) is 5.82 Å². The van der Waals surface area contributed by atoms with Gasteiger partial charge in [0.15, 0.2) is 0 Å². The Labute approximate surface area is 160 Å². The van der Waals surface area contributed by atoms with Gasteiger partial charge in [-0.25, -0.2) is 4.39 Å². The van der Waals surface area contributed by atoms with Crippen LogP contribution >= 0.6 is 11.3 Å². The van der Waals surface area contributed by atoms with Crippen LogP contribution in [-0.2, 0) is 6.54 Å². The second kappa shape index (κ2) is 7.82. The highest BCUT2D eigenvalue weighted by Gasteiger charge is 2.21. The van der Waals surface area contributed by atoms with Crippen LogP contribution in [0.3, 0.4) is 0 Å². The molecule has 0 saturated heterocycles. The van der Waals surface area contributed by atoms with E-state index in [9.17, 15) is 4.39 Å². The zero-order valence-corrected chi connectivity index (χ0v) is 15.6. The first-order valence-corrected chi connectivity index (χ1v) is 9.45. The highest BCUT2D eigenvalue weighted by atomic mass is 32.1. The van der Waals surface area contributed by atoms with Crippen LogP contribution < -0.4 is 0 Å². The van der Waals surface area contributed by atoms with Crippen LogP contribution in [-0.4, -0.2) is 22.1 Å². The molecular formula is C21H18FN3OS. The predicted octanol–water partition coefficient (Wildman–Crippen LogP) is 5.16. The summed E-state index contributed by atoms with van der Waals surface area (Å²) in [6, 6.07) is 20.6. The molecule has 1 unspecified atom stereocenters. The SMILES string of the molecule is CN(Cc1nnc(-c2cccs2)o1)C(c1ccccc1)c1ccc(F)cc1. The van der Waals surface area contributed by atoms with Crippen molar-refractivity contribution in [1.29, 1.82) is 0 Å². The largest absolute Gasteiger partial charge is 0.419 e. The number of rotatable bonds is 6. The lowest BCUT2D eigenvalue weighted by atomic mass is 9.97. The molecule has 2 aromatic carbocycles. The first-order chi connectivity index (χ1) is 13.2. The minimum absolute atomic E-state index is 0.0520. The predicted molar refractivity (Wildman–Crippen MR) is 104 cm³/mol. The molecule has 2 aromatic heterocycles. The molecule has 0 bridgehead atoms. The van der Waals surface area contributed by atoms with E-state index in [0.29, 0.717) is 18.3 Å². The Hall–Kier alpha value is -2.83. The molecule has 0 fully saturated rings. The monoisotopic (exact) mass is 379 g/mol. The van der Waals surface area contributed by atoms with Gasteiger partial charge < -0.3 is 4.42 Å². The van der Waals surface area contributed by atoms with E-state index in [1.54, 1.807) is 11.3 Å². The van der Waals surface area contributed by atoms with Crippen molar-refractivity contribution in [3.63, 3.8) is 0 Å². The van der Waals surface area contributed by atoms with Gasteiger partial charge in [0.2, 0.25) is 5.89 Å². The first kappa shape index (κ1) is 17.6.